The summed E-state index contributed by atoms with van der Waals surface area (Å²) in [5, 5.41) is 9.36. The van der Waals surface area contributed by atoms with Crippen molar-refractivity contribution in [3.8, 4) is 5.75 Å². The summed E-state index contributed by atoms with van der Waals surface area (Å²) in [5.41, 5.74) is 0.175. The lowest BCUT2D eigenvalue weighted by atomic mass is 10.0. The Hall–Kier alpha value is -2.28. The lowest BCUT2D eigenvalue weighted by Crippen LogP contribution is -2.45. The van der Waals surface area contributed by atoms with Crippen molar-refractivity contribution in [3.05, 3.63) is 29.3 Å². The monoisotopic (exact) mass is 365 g/mol. The van der Waals surface area contributed by atoms with Gasteiger partial charge < -0.3 is 24.2 Å². The van der Waals surface area contributed by atoms with E-state index in [-0.39, 0.29) is 23.9 Å². The molecule has 0 atom stereocenters. The Bertz CT molecular complexity index is 646. The third-order valence-corrected chi connectivity index (χ3v) is 4.11. The van der Waals surface area contributed by atoms with Gasteiger partial charge in [-0.15, -0.1) is 0 Å². The Morgan fingerprint density at radius 3 is 2.46 bits per heavy atom. The number of hydrogen-bond acceptors (Lipinski definition) is 5. The molecular weight excluding hydrogens is 338 g/mol. The third kappa shape index (κ3) is 5.36. The van der Waals surface area contributed by atoms with E-state index < -0.39 is 17.7 Å². The van der Waals surface area contributed by atoms with Crippen LogP contribution in [-0.2, 0) is 16.0 Å². The van der Waals surface area contributed by atoms with E-state index >= 15 is 0 Å². The van der Waals surface area contributed by atoms with Gasteiger partial charge in [-0.2, -0.15) is 0 Å². The van der Waals surface area contributed by atoms with Crippen LogP contribution in [0.5, 0.6) is 5.75 Å². The van der Waals surface area contributed by atoms with Gasteiger partial charge in [0.2, 0.25) is 0 Å². The van der Waals surface area contributed by atoms with Crippen molar-refractivity contribution in [3.63, 3.8) is 0 Å². The van der Waals surface area contributed by atoms with Crippen molar-refractivity contribution in [2.45, 2.75) is 51.8 Å². The molecule has 1 saturated heterocycles. The first-order valence-corrected chi connectivity index (χ1v) is 8.69. The first-order valence-electron chi connectivity index (χ1n) is 8.69. The highest BCUT2D eigenvalue weighted by molar-refractivity contribution is 5.91. The van der Waals surface area contributed by atoms with Crippen LogP contribution in [0.3, 0.4) is 0 Å². The summed E-state index contributed by atoms with van der Waals surface area (Å²) in [4.78, 5) is 25.8. The molecule has 1 N–H and O–H groups in total. The number of amides is 1. The maximum Gasteiger partial charge on any atom is 0.410 e. The number of carboxylic acid groups (broad SMARTS) is 1. The first-order chi connectivity index (χ1) is 12.2. The molecule has 7 heteroatoms. The molecule has 1 amide bonds. The number of carbonyl (C=O) groups is 2. The molecule has 0 unspecified atom stereocenters. The van der Waals surface area contributed by atoms with Gasteiger partial charge >= 0.3 is 12.1 Å². The maximum atomic E-state index is 12.7. The van der Waals surface area contributed by atoms with Gasteiger partial charge in [-0.25, -0.2) is 9.59 Å². The van der Waals surface area contributed by atoms with Gasteiger partial charge in [0.25, 0.3) is 0 Å². The third-order valence-electron chi connectivity index (χ3n) is 4.11. The van der Waals surface area contributed by atoms with Crippen molar-refractivity contribution >= 4 is 12.1 Å². The molecule has 0 bridgehead atoms. The number of nitrogens with zero attached hydrogens (tertiary/aromatic N) is 1. The normalized spacial score (nSPS) is 15.4. The standard InChI is InChI=1S/C19H27NO6/c1-19(2,3)26-18(23)20(14-7-9-25-10-8-14)12-13-5-6-16(24-4)15(11-13)17(21)22/h5-6,11,14H,7-10,12H2,1-4H3,(H,21,22). The van der Waals surface area contributed by atoms with Crippen molar-refractivity contribution < 1.29 is 28.9 Å². The molecule has 1 aromatic carbocycles. The number of hydrogen-bond donors (Lipinski definition) is 1. The van der Waals surface area contributed by atoms with E-state index in [1.165, 1.54) is 13.2 Å². The molecule has 26 heavy (non-hydrogen) atoms. The average molecular weight is 365 g/mol. The zero-order valence-electron chi connectivity index (χ0n) is 15.8. The molecule has 0 radical (unpaired) electrons. The summed E-state index contributed by atoms with van der Waals surface area (Å²) in [6, 6.07) is 4.91. The topological polar surface area (TPSA) is 85.3 Å². The quantitative estimate of drug-likeness (QED) is 0.862. The van der Waals surface area contributed by atoms with Crippen LogP contribution in [0, 0.1) is 0 Å². The van der Waals surface area contributed by atoms with Crippen LogP contribution in [0.25, 0.3) is 0 Å². The molecule has 0 aliphatic carbocycles. The van der Waals surface area contributed by atoms with Gasteiger partial charge in [0, 0.05) is 25.8 Å². The molecule has 1 aliphatic heterocycles. The fraction of sp³-hybridized carbons (Fsp3) is 0.579. The second-order valence-electron chi connectivity index (χ2n) is 7.29. The number of ether oxygens (including phenoxy) is 3. The zero-order valence-corrected chi connectivity index (χ0v) is 15.8. The summed E-state index contributed by atoms with van der Waals surface area (Å²) in [6.07, 6.45) is 1.04. The second kappa shape index (κ2) is 8.40. The lowest BCUT2D eigenvalue weighted by molar-refractivity contribution is -0.00808. The Morgan fingerprint density at radius 2 is 1.92 bits per heavy atom. The van der Waals surface area contributed by atoms with Gasteiger partial charge in [-0.05, 0) is 51.3 Å². The molecule has 144 valence electrons. The highest BCUT2D eigenvalue weighted by Gasteiger charge is 2.30. The fourth-order valence-electron chi connectivity index (χ4n) is 2.88. The molecular formula is C19H27NO6. The number of rotatable bonds is 5. The van der Waals surface area contributed by atoms with E-state index in [0.29, 0.717) is 18.8 Å². The molecule has 2 rings (SSSR count). The summed E-state index contributed by atoms with van der Waals surface area (Å²) in [6.45, 7) is 6.92. The number of carbonyl (C=O) groups excluding carboxylic acids is 1. The van der Waals surface area contributed by atoms with E-state index in [1.54, 1.807) is 17.0 Å². The van der Waals surface area contributed by atoms with Gasteiger partial charge in [0.15, 0.2) is 0 Å². The number of benzene rings is 1. The van der Waals surface area contributed by atoms with Crippen LogP contribution in [0.1, 0.15) is 49.5 Å². The minimum absolute atomic E-state index is 0.00557. The molecule has 7 nitrogen and oxygen atoms in total. The fourth-order valence-corrected chi connectivity index (χ4v) is 2.88. The largest absolute Gasteiger partial charge is 0.496 e. The number of aromatic carboxylic acids is 1. The molecule has 1 aliphatic rings. The summed E-state index contributed by atoms with van der Waals surface area (Å²) in [5.74, 6) is -0.783. The van der Waals surface area contributed by atoms with E-state index in [9.17, 15) is 14.7 Å². The average Bonchev–Trinajstić information content (AvgIpc) is 2.58. The van der Waals surface area contributed by atoms with Crippen molar-refractivity contribution in [1.82, 2.24) is 4.90 Å². The van der Waals surface area contributed by atoms with Crippen LogP contribution in [-0.4, -0.2) is 54.0 Å². The molecule has 1 aromatic rings. The van der Waals surface area contributed by atoms with Crippen molar-refractivity contribution in [2.75, 3.05) is 20.3 Å². The second-order valence-corrected chi connectivity index (χ2v) is 7.29. The smallest absolute Gasteiger partial charge is 0.410 e. The summed E-state index contributed by atoms with van der Waals surface area (Å²) < 4.78 is 16.0. The summed E-state index contributed by atoms with van der Waals surface area (Å²) >= 11 is 0. The van der Waals surface area contributed by atoms with Gasteiger partial charge in [-0.3, -0.25) is 0 Å². The predicted molar refractivity (Wildman–Crippen MR) is 95.6 cm³/mol. The minimum Gasteiger partial charge on any atom is -0.496 e. The number of methoxy groups -OCH3 is 1. The SMILES string of the molecule is COc1ccc(CN(C(=O)OC(C)(C)C)C2CCOCC2)cc1C(=O)O. The molecule has 0 saturated carbocycles. The van der Waals surface area contributed by atoms with Crippen molar-refractivity contribution in [1.29, 1.82) is 0 Å². The Kier molecular flexibility index (Phi) is 6.47. The minimum atomic E-state index is -1.07. The maximum absolute atomic E-state index is 12.7. The van der Waals surface area contributed by atoms with Crippen LogP contribution >= 0.6 is 0 Å². The number of carboxylic acids is 1. The van der Waals surface area contributed by atoms with Crippen molar-refractivity contribution in [2.24, 2.45) is 0 Å². The summed E-state index contributed by atoms with van der Waals surface area (Å²) in [7, 11) is 1.43. The van der Waals surface area contributed by atoms with Crippen LogP contribution in [0.4, 0.5) is 4.79 Å². The van der Waals surface area contributed by atoms with Gasteiger partial charge in [-0.1, -0.05) is 6.07 Å². The Balaban J connectivity index is 2.26. The van der Waals surface area contributed by atoms with E-state index in [4.69, 9.17) is 14.2 Å². The van der Waals surface area contributed by atoms with E-state index in [2.05, 4.69) is 0 Å². The van der Waals surface area contributed by atoms with Crippen LogP contribution < -0.4 is 4.74 Å². The molecule has 0 spiro atoms. The van der Waals surface area contributed by atoms with Gasteiger partial charge in [0.05, 0.1) is 7.11 Å². The zero-order chi connectivity index (χ0) is 19.3. The first kappa shape index (κ1) is 20.0. The predicted octanol–water partition coefficient (Wildman–Crippen LogP) is 3.31. The van der Waals surface area contributed by atoms with Crippen LogP contribution in [0.2, 0.25) is 0 Å². The van der Waals surface area contributed by atoms with E-state index in [1.807, 2.05) is 20.8 Å². The highest BCUT2D eigenvalue weighted by atomic mass is 16.6. The molecule has 0 aromatic heterocycles. The van der Waals surface area contributed by atoms with E-state index in [0.717, 1.165) is 12.8 Å². The Labute approximate surface area is 153 Å². The van der Waals surface area contributed by atoms with Crippen LogP contribution in [0.15, 0.2) is 18.2 Å². The highest BCUT2D eigenvalue weighted by Crippen LogP contribution is 2.24. The molecule has 1 fully saturated rings. The molecule has 1 heterocycles. The van der Waals surface area contributed by atoms with Gasteiger partial charge in [0.1, 0.15) is 16.9 Å². The lowest BCUT2D eigenvalue weighted by Gasteiger charge is -2.35. The Morgan fingerprint density at radius 1 is 1.27 bits per heavy atom.